The first-order valence-corrected chi connectivity index (χ1v) is 8.58. The second-order valence-corrected chi connectivity index (χ2v) is 6.57. The van der Waals surface area contributed by atoms with E-state index in [2.05, 4.69) is 73.7 Å². The Labute approximate surface area is 132 Å². The monoisotopic (exact) mass is 302 g/mol. The van der Waals surface area contributed by atoms with Crippen LogP contribution in [0.2, 0.25) is 0 Å². The van der Waals surface area contributed by atoms with Crippen LogP contribution in [0, 0.1) is 6.92 Å². The van der Waals surface area contributed by atoms with Crippen molar-refractivity contribution in [2.45, 2.75) is 39.8 Å². The van der Waals surface area contributed by atoms with Crippen LogP contribution in [0.3, 0.4) is 0 Å². The molecule has 1 aromatic carbocycles. The van der Waals surface area contributed by atoms with Gasteiger partial charge in [-0.25, -0.2) is 0 Å². The number of anilines is 1. The van der Waals surface area contributed by atoms with Crippen LogP contribution < -0.4 is 10.2 Å². The summed E-state index contributed by atoms with van der Waals surface area (Å²) in [5, 5.41) is 5.62. The summed E-state index contributed by atoms with van der Waals surface area (Å²) >= 11 is 1.82. The standard InChI is InChI=1S/C18H26N2S/c1-5-10-19-13-16-8-9-17(12-14(16)2)20(4)15(3)18-7-6-11-21-18/h6-9,11-12,15,19H,5,10,13H2,1-4H3. The molecule has 1 heterocycles. The minimum atomic E-state index is 0.411. The van der Waals surface area contributed by atoms with Gasteiger partial charge in [-0.15, -0.1) is 11.3 Å². The number of nitrogens with zero attached hydrogens (tertiary/aromatic N) is 1. The van der Waals surface area contributed by atoms with E-state index in [1.54, 1.807) is 0 Å². The molecule has 21 heavy (non-hydrogen) atoms. The highest BCUT2D eigenvalue weighted by Gasteiger charge is 2.13. The molecule has 2 aromatic rings. The number of thiophene rings is 1. The topological polar surface area (TPSA) is 15.3 Å². The lowest BCUT2D eigenvalue weighted by atomic mass is 10.1. The molecular formula is C18H26N2S. The summed E-state index contributed by atoms with van der Waals surface area (Å²) in [6.45, 7) is 8.71. The zero-order valence-electron chi connectivity index (χ0n) is 13.5. The number of benzene rings is 1. The molecule has 0 saturated carbocycles. The molecule has 0 aliphatic heterocycles. The number of nitrogens with one attached hydrogen (secondary N) is 1. The lowest BCUT2D eigenvalue weighted by molar-refractivity contribution is 0.673. The van der Waals surface area contributed by atoms with E-state index >= 15 is 0 Å². The Hall–Kier alpha value is -1.32. The maximum atomic E-state index is 3.47. The first kappa shape index (κ1) is 16.1. The van der Waals surface area contributed by atoms with E-state index in [9.17, 15) is 0 Å². The Morgan fingerprint density at radius 2 is 2.10 bits per heavy atom. The van der Waals surface area contributed by atoms with Crippen LogP contribution in [0.1, 0.15) is 42.3 Å². The fourth-order valence-electron chi connectivity index (χ4n) is 2.44. The number of rotatable bonds is 7. The maximum Gasteiger partial charge on any atom is 0.0603 e. The van der Waals surface area contributed by atoms with Crippen molar-refractivity contribution in [3.05, 3.63) is 51.7 Å². The van der Waals surface area contributed by atoms with Crippen LogP contribution in [-0.2, 0) is 6.54 Å². The quantitative estimate of drug-likeness (QED) is 0.742. The molecule has 114 valence electrons. The van der Waals surface area contributed by atoms with Gasteiger partial charge >= 0.3 is 0 Å². The fourth-order valence-corrected chi connectivity index (χ4v) is 3.27. The van der Waals surface area contributed by atoms with E-state index in [0.29, 0.717) is 6.04 Å². The Balaban J connectivity index is 2.08. The molecule has 0 radical (unpaired) electrons. The summed E-state index contributed by atoms with van der Waals surface area (Å²) in [6, 6.07) is 11.5. The van der Waals surface area contributed by atoms with Crippen molar-refractivity contribution in [2.24, 2.45) is 0 Å². The van der Waals surface area contributed by atoms with Crippen LogP contribution in [0.25, 0.3) is 0 Å². The van der Waals surface area contributed by atoms with E-state index in [-0.39, 0.29) is 0 Å². The predicted octanol–water partition coefficient (Wildman–Crippen LogP) is 4.75. The molecule has 1 N–H and O–H groups in total. The van der Waals surface area contributed by atoms with Crippen LogP contribution in [0.5, 0.6) is 0 Å². The van der Waals surface area contributed by atoms with Gasteiger partial charge in [0.2, 0.25) is 0 Å². The summed E-state index contributed by atoms with van der Waals surface area (Å²) in [7, 11) is 2.17. The van der Waals surface area contributed by atoms with Gasteiger partial charge in [0, 0.05) is 24.2 Å². The van der Waals surface area contributed by atoms with Crippen LogP contribution >= 0.6 is 11.3 Å². The molecule has 1 unspecified atom stereocenters. The third-order valence-electron chi connectivity index (χ3n) is 4.01. The molecule has 0 amide bonds. The third kappa shape index (κ3) is 4.08. The highest BCUT2D eigenvalue weighted by molar-refractivity contribution is 7.10. The van der Waals surface area contributed by atoms with Crippen molar-refractivity contribution in [1.29, 1.82) is 0 Å². The zero-order valence-corrected chi connectivity index (χ0v) is 14.3. The van der Waals surface area contributed by atoms with Gasteiger partial charge in [-0.1, -0.05) is 19.1 Å². The van der Waals surface area contributed by atoms with Crippen LogP contribution in [0.4, 0.5) is 5.69 Å². The van der Waals surface area contributed by atoms with Crippen LogP contribution in [0.15, 0.2) is 35.7 Å². The van der Waals surface area contributed by atoms with E-state index in [4.69, 9.17) is 0 Å². The molecule has 3 heteroatoms. The van der Waals surface area contributed by atoms with Crippen LogP contribution in [-0.4, -0.2) is 13.6 Å². The summed E-state index contributed by atoms with van der Waals surface area (Å²) < 4.78 is 0. The van der Waals surface area contributed by atoms with E-state index in [0.717, 1.165) is 13.1 Å². The van der Waals surface area contributed by atoms with Gasteiger partial charge < -0.3 is 10.2 Å². The van der Waals surface area contributed by atoms with Gasteiger partial charge in [0.15, 0.2) is 0 Å². The number of hydrogen-bond acceptors (Lipinski definition) is 3. The Morgan fingerprint density at radius 3 is 2.71 bits per heavy atom. The van der Waals surface area contributed by atoms with Gasteiger partial charge in [-0.3, -0.25) is 0 Å². The molecule has 1 aromatic heterocycles. The van der Waals surface area contributed by atoms with Gasteiger partial charge in [0.25, 0.3) is 0 Å². The molecule has 0 aliphatic carbocycles. The van der Waals surface area contributed by atoms with Gasteiger partial charge in [0.05, 0.1) is 6.04 Å². The van der Waals surface area contributed by atoms with Gasteiger partial charge in [-0.2, -0.15) is 0 Å². The summed E-state index contributed by atoms with van der Waals surface area (Å²) in [4.78, 5) is 3.76. The second kappa shape index (κ2) is 7.62. The van der Waals surface area contributed by atoms with E-state index in [1.807, 2.05) is 11.3 Å². The average molecular weight is 302 g/mol. The summed E-state index contributed by atoms with van der Waals surface area (Å²) in [6.07, 6.45) is 1.18. The highest BCUT2D eigenvalue weighted by Crippen LogP contribution is 2.29. The smallest absolute Gasteiger partial charge is 0.0603 e. The summed E-state index contributed by atoms with van der Waals surface area (Å²) in [5.41, 5.74) is 4.04. The highest BCUT2D eigenvalue weighted by atomic mass is 32.1. The normalized spacial score (nSPS) is 12.4. The largest absolute Gasteiger partial charge is 0.367 e. The van der Waals surface area contributed by atoms with E-state index in [1.165, 1.54) is 28.1 Å². The van der Waals surface area contributed by atoms with E-state index < -0.39 is 0 Å². The molecule has 0 spiro atoms. The minimum Gasteiger partial charge on any atom is -0.367 e. The number of aryl methyl sites for hydroxylation is 1. The molecule has 0 bridgehead atoms. The van der Waals surface area contributed by atoms with Crippen molar-refractivity contribution in [2.75, 3.05) is 18.5 Å². The predicted molar refractivity (Wildman–Crippen MR) is 94.3 cm³/mol. The Morgan fingerprint density at radius 1 is 1.29 bits per heavy atom. The third-order valence-corrected chi connectivity index (χ3v) is 5.05. The van der Waals surface area contributed by atoms with Crippen molar-refractivity contribution < 1.29 is 0 Å². The molecule has 0 fully saturated rings. The van der Waals surface area contributed by atoms with Crippen molar-refractivity contribution in [1.82, 2.24) is 5.32 Å². The molecule has 0 saturated heterocycles. The number of hydrogen-bond donors (Lipinski definition) is 1. The van der Waals surface area contributed by atoms with Gasteiger partial charge in [-0.05, 0) is 61.5 Å². The van der Waals surface area contributed by atoms with Gasteiger partial charge in [0.1, 0.15) is 0 Å². The lowest BCUT2D eigenvalue weighted by Gasteiger charge is -2.27. The van der Waals surface area contributed by atoms with Crippen molar-refractivity contribution in [3.63, 3.8) is 0 Å². The maximum absolute atomic E-state index is 3.47. The zero-order chi connectivity index (χ0) is 15.2. The average Bonchev–Trinajstić information content (AvgIpc) is 3.02. The first-order chi connectivity index (χ1) is 10.1. The fraction of sp³-hybridized carbons (Fsp3) is 0.444. The Bertz CT molecular complexity index is 548. The van der Waals surface area contributed by atoms with Crippen molar-refractivity contribution in [3.8, 4) is 0 Å². The van der Waals surface area contributed by atoms with Crippen molar-refractivity contribution >= 4 is 17.0 Å². The summed E-state index contributed by atoms with van der Waals surface area (Å²) in [5.74, 6) is 0. The molecule has 0 aliphatic rings. The molecule has 1 atom stereocenters. The lowest BCUT2D eigenvalue weighted by Crippen LogP contribution is -2.21. The SMILES string of the molecule is CCCNCc1ccc(N(C)C(C)c2cccs2)cc1C. The second-order valence-electron chi connectivity index (χ2n) is 5.59. The molecular weight excluding hydrogens is 276 g/mol. The first-order valence-electron chi connectivity index (χ1n) is 7.70. The Kier molecular flexibility index (Phi) is 5.83. The molecule has 2 nitrogen and oxygen atoms in total. The molecule has 2 rings (SSSR count). The minimum absolute atomic E-state index is 0.411.